The first-order valence-electron chi connectivity index (χ1n) is 5.40. The van der Waals surface area contributed by atoms with Gasteiger partial charge in [0.05, 0.1) is 17.5 Å². The summed E-state index contributed by atoms with van der Waals surface area (Å²) < 4.78 is 5.07. The Balaban J connectivity index is 2.53. The number of carbonyl (C=O) groups is 1. The molecule has 0 spiro atoms. The summed E-state index contributed by atoms with van der Waals surface area (Å²) in [5.41, 5.74) is 6.77. The smallest absolute Gasteiger partial charge is 0.224 e. The highest BCUT2D eigenvalue weighted by Gasteiger charge is 2.08. The second-order valence-electron chi connectivity index (χ2n) is 3.86. The fraction of sp³-hybridized carbons (Fsp3) is 0.417. The van der Waals surface area contributed by atoms with Gasteiger partial charge in [0, 0.05) is 18.6 Å². The van der Waals surface area contributed by atoms with Crippen molar-refractivity contribution in [3.05, 3.63) is 23.2 Å². The fourth-order valence-electron chi connectivity index (χ4n) is 1.30. The van der Waals surface area contributed by atoms with Crippen LogP contribution in [0, 0.1) is 0 Å². The molecule has 1 aromatic rings. The Hall–Kier alpha value is -1.26. The topological polar surface area (TPSA) is 64.3 Å². The molecule has 4 nitrogen and oxygen atoms in total. The first-order valence-corrected chi connectivity index (χ1v) is 5.78. The Labute approximate surface area is 106 Å². The number of hydrogen-bond donors (Lipinski definition) is 2. The average Bonchev–Trinajstić information content (AvgIpc) is 2.30. The van der Waals surface area contributed by atoms with E-state index in [0.29, 0.717) is 29.2 Å². The van der Waals surface area contributed by atoms with Gasteiger partial charge in [0.2, 0.25) is 5.91 Å². The van der Waals surface area contributed by atoms with E-state index < -0.39 is 0 Å². The quantitative estimate of drug-likeness (QED) is 0.796. The van der Waals surface area contributed by atoms with E-state index in [1.165, 1.54) is 0 Å². The predicted molar refractivity (Wildman–Crippen MR) is 70.2 cm³/mol. The number of nitrogens with one attached hydrogen (secondary N) is 1. The van der Waals surface area contributed by atoms with Crippen LogP contribution < -0.4 is 11.1 Å². The van der Waals surface area contributed by atoms with Crippen molar-refractivity contribution in [1.29, 1.82) is 0 Å². The van der Waals surface area contributed by atoms with Crippen LogP contribution >= 0.6 is 11.6 Å². The summed E-state index contributed by atoms with van der Waals surface area (Å²) >= 11 is 5.82. The van der Waals surface area contributed by atoms with Gasteiger partial charge in [0.15, 0.2) is 0 Å². The maximum absolute atomic E-state index is 11.6. The summed E-state index contributed by atoms with van der Waals surface area (Å²) in [5.74, 6) is -0.0946. The molecule has 0 heterocycles. The van der Waals surface area contributed by atoms with Crippen LogP contribution in [0.25, 0.3) is 0 Å². The van der Waals surface area contributed by atoms with Crippen molar-refractivity contribution in [2.45, 2.75) is 25.9 Å². The van der Waals surface area contributed by atoms with Crippen LogP contribution in [-0.2, 0) is 9.53 Å². The SMILES string of the molecule is COC(C)CCC(=O)Nc1cc(Cl)ccc1N. The number of ether oxygens (including phenoxy) is 1. The van der Waals surface area contributed by atoms with Crippen molar-refractivity contribution in [2.75, 3.05) is 18.2 Å². The first-order chi connectivity index (χ1) is 8.02. The van der Waals surface area contributed by atoms with Crippen LogP contribution in [0.2, 0.25) is 5.02 Å². The van der Waals surface area contributed by atoms with Crippen LogP contribution in [0.4, 0.5) is 11.4 Å². The predicted octanol–water partition coefficient (Wildman–Crippen LogP) is 2.68. The lowest BCUT2D eigenvalue weighted by molar-refractivity contribution is -0.116. The average molecular weight is 257 g/mol. The van der Waals surface area contributed by atoms with E-state index in [1.54, 1.807) is 25.3 Å². The maximum Gasteiger partial charge on any atom is 0.224 e. The molecular formula is C12H17ClN2O2. The summed E-state index contributed by atoms with van der Waals surface area (Å²) in [6.07, 6.45) is 1.13. The zero-order valence-electron chi connectivity index (χ0n) is 10.00. The lowest BCUT2D eigenvalue weighted by Crippen LogP contribution is -2.15. The monoisotopic (exact) mass is 256 g/mol. The van der Waals surface area contributed by atoms with Crippen LogP contribution in [-0.4, -0.2) is 19.1 Å². The molecule has 94 valence electrons. The van der Waals surface area contributed by atoms with Crippen molar-refractivity contribution >= 4 is 28.9 Å². The van der Waals surface area contributed by atoms with E-state index in [4.69, 9.17) is 22.1 Å². The number of benzene rings is 1. The molecule has 0 saturated carbocycles. The molecule has 17 heavy (non-hydrogen) atoms. The van der Waals surface area contributed by atoms with Gasteiger partial charge in [0.25, 0.3) is 0 Å². The highest BCUT2D eigenvalue weighted by atomic mass is 35.5. The standard InChI is InChI=1S/C12H17ClN2O2/c1-8(17-2)3-6-12(16)15-11-7-9(13)4-5-10(11)14/h4-5,7-8H,3,6,14H2,1-2H3,(H,15,16). The molecule has 0 radical (unpaired) electrons. The van der Waals surface area contributed by atoms with E-state index in [1.807, 2.05) is 6.92 Å². The lowest BCUT2D eigenvalue weighted by atomic mass is 10.2. The van der Waals surface area contributed by atoms with Crippen LogP contribution in [0.5, 0.6) is 0 Å². The molecule has 1 aromatic carbocycles. The maximum atomic E-state index is 11.6. The minimum absolute atomic E-state index is 0.0671. The number of carbonyl (C=O) groups excluding carboxylic acids is 1. The molecule has 0 aliphatic heterocycles. The number of anilines is 2. The largest absolute Gasteiger partial charge is 0.397 e. The molecule has 1 atom stereocenters. The van der Waals surface area contributed by atoms with Gasteiger partial charge >= 0.3 is 0 Å². The van der Waals surface area contributed by atoms with Gasteiger partial charge in [-0.2, -0.15) is 0 Å². The Morgan fingerprint density at radius 3 is 2.94 bits per heavy atom. The fourth-order valence-corrected chi connectivity index (χ4v) is 1.47. The number of rotatable bonds is 5. The minimum atomic E-state index is -0.0946. The number of hydrogen-bond acceptors (Lipinski definition) is 3. The van der Waals surface area contributed by atoms with E-state index in [0.717, 1.165) is 0 Å². The van der Waals surface area contributed by atoms with Crippen molar-refractivity contribution in [3.8, 4) is 0 Å². The molecule has 0 aliphatic rings. The highest BCUT2D eigenvalue weighted by molar-refractivity contribution is 6.31. The highest BCUT2D eigenvalue weighted by Crippen LogP contribution is 2.23. The molecule has 5 heteroatoms. The molecule has 1 rings (SSSR count). The van der Waals surface area contributed by atoms with E-state index in [2.05, 4.69) is 5.32 Å². The Kier molecular flexibility index (Phi) is 5.25. The van der Waals surface area contributed by atoms with Gasteiger partial charge in [-0.05, 0) is 31.5 Å². The van der Waals surface area contributed by atoms with Crippen LogP contribution in [0.1, 0.15) is 19.8 Å². The summed E-state index contributed by atoms with van der Waals surface area (Å²) in [7, 11) is 1.62. The summed E-state index contributed by atoms with van der Waals surface area (Å²) in [6.45, 7) is 1.92. The molecule has 0 saturated heterocycles. The normalized spacial score (nSPS) is 12.2. The third-order valence-corrected chi connectivity index (χ3v) is 2.70. The second-order valence-corrected chi connectivity index (χ2v) is 4.30. The Morgan fingerprint density at radius 2 is 2.29 bits per heavy atom. The van der Waals surface area contributed by atoms with Gasteiger partial charge in [-0.3, -0.25) is 4.79 Å². The molecular weight excluding hydrogens is 240 g/mol. The zero-order valence-corrected chi connectivity index (χ0v) is 10.8. The zero-order chi connectivity index (χ0) is 12.8. The lowest BCUT2D eigenvalue weighted by Gasteiger charge is -2.11. The molecule has 1 unspecified atom stereocenters. The van der Waals surface area contributed by atoms with E-state index >= 15 is 0 Å². The molecule has 0 bridgehead atoms. The number of methoxy groups -OCH3 is 1. The van der Waals surface area contributed by atoms with Gasteiger partial charge < -0.3 is 15.8 Å². The summed E-state index contributed by atoms with van der Waals surface area (Å²) in [6, 6.07) is 4.98. The number of nitrogens with two attached hydrogens (primary N) is 1. The van der Waals surface area contributed by atoms with Crippen molar-refractivity contribution in [2.24, 2.45) is 0 Å². The number of amides is 1. The second kappa shape index (κ2) is 6.47. The van der Waals surface area contributed by atoms with Crippen molar-refractivity contribution in [3.63, 3.8) is 0 Å². The van der Waals surface area contributed by atoms with Gasteiger partial charge in [-0.25, -0.2) is 0 Å². The summed E-state index contributed by atoms with van der Waals surface area (Å²) in [5, 5.41) is 3.27. The number of nitrogen functional groups attached to an aromatic ring is 1. The summed E-state index contributed by atoms with van der Waals surface area (Å²) in [4.78, 5) is 11.6. The third-order valence-electron chi connectivity index (χ3n) is 2.47. The Morgan fingerprint density at radius 1 is 1.59 bits per heavy atom. The van der Waals surface area contributed by atoms with Gasteiger partial charge in [-0.15, -0.1) is 0 Å². The van der Waals surface area contributed by atoms with Crippen LogP contribution in [0.3, 0.4) is 0 Å². The van der Waals surface area contributed by atoms with E-state index in [9.17, 15) is 4.79 Å². The Bertz CT molecular complexity index is 396. The molecule has 0 fully saturated rings. The first kappa shape index (κ1) is 13.8. The molecule has 1 amide bonds. The minimum Gasteiger partial charge on any atom is -0.397 e. The number of halogens is 1. The molecule has 0 aromatic heterocycles. The van der Waals surface area contributed by atoms with Crippen molar-refractivity contribution in [1.82, 2.24) is 0 Å². The van der Waals surface area contributed by atoms with E-state index in [-0.39, 0.29) is 12.0 Å². The molecule has 3 N–H and O–H groups in total. The molecule has 0 aliphatic carbocycles. The van der Waals surface area contributed by atoms with Crippen LogP contribution in [0.15, 0.2) is 18.2 Å². The van der Waals surface area contributed by atoms with Crippen molar-refractivity contribution < 1.29 is 9.53 Å². The van der Waals surface area contributed by atoms with Gasteiger partial charge in [0.1, 0.15) is 0 Å². The van der Waals surface area contributed by atoms with Gasteiger partial charge in [-0.1, -0.05) is 11.6 Å². The third kappa shape index (κ3) is 4.63.